The smallest absolute Gasteiger partial charge is 0.328 e. The summed E-state index contributed by atoms with van der Waals surface area (Å²) in [6.07, 6.45) is 2.51. The Bertz CT molecular complexity index is 648. The molecular weight excluding hydrogens is 278 g/mol. The van der Waals surface area contributed by atoms with Crippen LogP contribution in [0.2, 0.25) is 0 Å². The Hall–Kier alpha value is -2.34. The number of methoxy groups -OCH3 is 2. The molecule has 0 unspecified atom stereocenters. The molecule has 0 saturated carbocycles. The van der Waals surface area contributed by atoms with E-state index in [0.717, 1.165) is 16.6 Å². The standard InChI is InChI=1S/C14H13NO4S/c1-18-11-5-3-4-10(13(11)19-2)14-15-9(8-20-14)6-7-12(16)17/h3-8H,1-2H3,(H,16,17)/b7-6+. The fourth-order valence-corrected chi connectivity index (χ4v) is 2.51. The summed E-state index contributed by atoms with van der Waals surface area (Å²) < 4.78 is 10.6. The lowest BCUT2D eigenvalue weighted by molar-refractivity contribution is -0.131. The third-order valence-electron chi connectivity index (χ3n) is 2.55. The molecule has 0 aliphatic carbocycles. The highest BCUT2D eigenvalue weighted by Crippen LogP contribution is 2.38. The average Bonchev–Trinajstić information content (AvgIpc) is 2.92. The molecule has 1 heterocycles. The van der Waals surface area contributed by atoms with Crippen molar-refractivity contribution in [2.24, 2.45) is 0 Å². The molecule has 2 rings (SSSR count). The van der Waals surface area contributed by atoms with Gasteiger partial charge in [-0.3, -0.25) is 0 Å². The van der Waals surface area contributed by atoms with Crippen molar-refractivity contribution in [3.63, 3.8) is 0 Å². The summed E-state index contributed by atoms with van der Waals surface area (Å²) in [4.78, 5) is 14.9. The topological polar surface area (TPSA) is 68.7 Å². The van der Waals surface area contributed by atoms with Crippen LogP contribution in [0.5, 0.6) is 11.5 Å². The number of ether oxygens (including phenoxy) is 2. The van der Waals surface area contributed by atoms with Crippen molar-refractivity contribution < 1.29 is 19.4 Å². The van der Waals surface area contributed by atoms with Crippen molar-refractivity contribution in [3.8, 4) is 22.1 Å². The molecule has 5 nitrogen and oxygen atoms in total. The monoisotopic (exact) mass is 291 g/mol. The highest BCUT2D eigenvalue weighted by atomic mass is 32.1. The van der Waals surface area contributed by atoms with E-state index in [2.05, 4.69) is 4.98 Å². The van der Waals surface area contributed by atoms with Crippen molar-refractivity contribution in [1.29, 1.82) is 0 Å². The molecule has 0 saturated heterocycles. The summed E-state index contributed by atoms with van der Waals surface area (Å²) in [6.45, 7) is 0. The van der Waals surface area contributed by atoms with Gasteiger partial charge in [0, 0.05) is 11.5 Å². The van der Waals surface area contributed by atoms with Gasteiger partial charge in [0.15, 0.2) is 11.5 Å². The van der Waals surface area contributed by atoms with Gasteiger partial charge in [0.2, 0.25) is 0 Å². The molecule has 6 heteroatoms. The molecule has 1 N–H and O–H groups in total. The summed E-state index contributed by atoms with van der Waals surface area (Å²) in [5.41, 5.74) is 1.41. The first-order chi connectivity index (χ1) is 9.65. The predicted octanol–water partition coefficient (Wildman–Crippen LogP) is 2.93. The van der Waals surface area contributed by atoms with E-state index < -0.39 is 5.97 Å². The second kappa shape index (κ2) is 6.21. The lowest BCUT2D eigenvalue weighted by atomic mass is 10.2. The Balaban J connectivity index is 2.39. The number of aliphatic carboxylic acids is 1. The third-order valence-corrected chi connectivity index (χ3v) is 3.45. The molecule has 104 valence electrons. The average molecular weight is 291 g/mol. The number of carboxylic acids is 1. The first-order valence-corrected chi connectivity index (χ1v) is 6.61. The number of thiazole rings is 1. The van der Waals surface area contributed by atoms with Crippen LogP contribution in [0.4, 0.5) is 0 Å². The van der Waals surface area contributed by atoms with Crippen molar-refractivity contribution in [2.75, 3.05) is 14.2 Å². The highest BCUT2D eigenvalue weighted by molar-refractivity contribution is 7.13. The zero-order valence-corrected chi connectivity index (χ0v) is 11.8. The normalized spacial score (nSPS) is 10.7. The second-order valence-electron chi connectivity index (χ2n) is 3.79. The molecule has 1 aromatic carbocycles. The summed E-state index contributed by atoms with van der Waals surface area (Å²) in [5.74, 6) is 0.236. The lowest BCUT2D eigenvalue weighted by Gasteiger charge is -2.10. The highest BCUT2D eigenvalue weighted by Gasteiger charge is 2.13. The molecule has 1 aromatic heterocycles. The van der Waals surface area contributed by atoms with Crippen molar-refractivity contribution >= 4 is 23.4 Å². The van der Waals surface area contributed by atoms with Crippen LogP contribution >= 0.6 is 11.3 Å². The van der Waals surface area contributed by atoms with E-state index in [4.69, 9.17) is 14.6 Å². The quantitative estimate of drug-likeness (QED) is 0.858. The van der Waals surface area contributed by atoms with Crippen LogP contribution in [0.25, 0.3) is 16.6 Å². The molecule has 2 aromatic rings. The summed E-state index contributed by atoms with van der Waals surface area (Å²) in [7, 11) is 3.14. The van der Waals surface area contributed by atoms with Gasteiger partial charge >= 0.3 is 5.97 Å². The molecular formula is C14H13NO4S. The van der Waals surface area contributed by atoms with Crippen LogP contribution in [-0.2, 0) is 4.79 Å². The summed E-state index contributed by atoms with van der Waals surface area (Å²) in [6, 6.07) is 5.54. The molecule has 0 aliphatic rings. The van der Waals surface area contributed by atoms with Crippen molar-refractivity contribution in [1.82, 2.24) is 4.98 Å². The van der Waals surface area contributed by atoms with E-state index in [-0.39, 0.29) is 0 Å². The van der Waals surface area contributed by atoms with Gasteiger partial charge in [-0.05, 0) is 18.2 Å². The first kappa shape index (κ1) is 14.1. The number of para-hydroxylation sites is 1. The van der Waals surface area contributed by atoms with Gasteiger partial charge in [-0.1, -0.05) is 6.07 Å². The lowest BCUT2D eigenvalue weighted by Crippen LogP contribution is -1.93. The third kappa shape index (κ3) is 2.97. The maximum Gasteiger partial charge on any atom is 0.328 e. The summed E-state index contributed by atoms with van der Waals surface area (Å²) >= 11 is 1.41. The van der Waals surface area contributed by atoms with Crippen LogP contribution in [0.15, 0.2) is 29.7 Å². The number of benzene rings is 1. The van der Waals surface area contributed by atoms with Gasteiger partial charge in [-0.25, -0.2) is 9.78 Å². The molecule has 0 fully saturated rings. The molecule has 0 atom stereocenters. The SMILES string of the molecule is COc1cccc(-c2nc(/C=C/C(=O)O)cs2)c1OC. The van der Waals surface area contributed by atoms with E-state index in [9.17, 15) is 4.79 Å². The fraction of sp³-hybridized carbons (Fsp3) is 0.143. The van der Waals surface area contributed by atoms with E-state index in [1.807, 2.05) is 12.1 Å². The van der Waals surface area contributed by atoms with Gasteiger partial charge in [0.25, 0.3) is 0 Å². The minimum Gasteiger partial charge on any atom is -0.493 e. The van der Waals surface area contributed by atoms with E-state index in [1.165, 1.54) is 17.4 Å². The minimum absolute atomic E-state index is 0.595. The van der Waals surface area contributed by atoms with Gasteiger partial charge in [0.1, 0.15) is 5.01 Å². The van der Waals surface area contributed by atoms with Gasteiger partial charge < -0.3 is 14.6 Å². The minimum atomic E-state index is -1.00. The Kier molecular flexibility index (Phi) is 4.37. The van der Waals surface area contributed by atoms with Crippen LogP contribution in [0.1, 0.15) is 5.69 Å². The first-order valence-electron chi connectivity index (χ1n) is 5.73. The fourth-order valence-electron chi connectivity index (χ4n) is 1.70. The Morgan fingerprint density at radius 2 is 2.15 bits per heavy atom. The Labute approximate surface area is 120 Å². The number of rotatable bonds is 5. The van der Waals surface area contributed by atoms with E-state index in [0.29, 0.717) is 17.2 Å². The summed E-state index contributed by atoms with van der Waals surface area (Å²) in [5, 5.41) is 11.1. The molecule has 0 bridgehead atoms. The van der Waals surface area contributed by atoms with Crippen LogP contribution in [0, 0.1) is 0 Å². The zero-order chi connectivity index (χ0) is 14.5. The number of carbonyl (C=O) groups is 1. The second-order valence-corrected chi connectivity index (χ2v) is 4.65. The number of carboxylic acid groups (broad SMARTS) is 1. The molecule has 0 spiro atoms. The zero-order valence-electron chi connectivity index (χ0n) is 11.0. The van der Waals surface area contributed by atoms with Crippen LogP contribution in [0.3, 0.4) is 0 Å². The Morgan fingerprint density at radius 1 is 1.35 bits per heavy atom. The number of hydrogen-bond donors (Lipinski definition) is 1. The maximum absolute atomic E-state index is 10.5. The van der Waals surface area contributed by atoms with Crippen LogP contribution < -0.4 is 9.47 Å². The largest absolute Gasteiger partial charge is 0.493 e. The predicted molar refractivity (Wildman–Crippen MR) is 77.3 cm³/mol. The molecule has 0 radical (unpaired) electrons. The maximum atomic E-state index is 10.5. The van der Waals surface area contributed by atoms with E-state index in [1.54, 1.807) is 25.7 Å². The van der Waals surface area contributed by atoms with Crippen LogP contribution in [-0.4, -0.2) is 30.3 Å². The molecule has 0 amide bonds. The molecule has 0 aliphatic heterocycles. The molecule has 20 heavy (non-hydrogen) atoms. The Morgan fingerprint density at radius 3 is 2.80 bits per heavy atom. The van der Waals surface area contributed by atoms with Gasteiger partial charge in [-0.2, -0.15) is 0 Å². The van der Waals surface area contributed by atoms with Crippen molar-refractivity contribution in [2.45, 2.75) is 0 Å². The van der Waals surface area contributed by atoms with E-state index >= 15 is 0 Å². The number of aromatic nitrogens is 1. The number of hydrogen-bond acceptors (Lipinski definition) is 5. The van der Waals surface area contributed by atoms with Gasteiger partial charge in [0.05, 0.1) is 25.5 Å². The van der Waals surface area contributed by atoms with Gasteiger partial charge in [-0.15, -0.1) is 11.3 Å². The van der Waals surface area contributed by atoms with Crippen molar-refractivity contribution in [3.05, 3.63) is 35.3 Å². The number of nitrogens with zero attached hydrogens (tertiary/aromatic N) is 1.